The molecule has 0 amide bonds. The highest BCUT2D eigenvalue weighted by molar-refractivity contribution is 6.01. The van der Waals surface area contributed by atoms with E-state index in [2.05, 4.69) is 11.6 Å². The summed E-state index contributed by atoms with van der Waals surface area (Å²) < 4.78 is 0. The van der Waals surface area contributed by atoms with Crippen LogP contribution in [0.15, 0.2) is 17.6 Å². The molecule has 0 saturated carbocycles. The largest absolute Gasteiger partial charge is 0.384 e. The van der Waals surface area contributed by atoms with E-state index in [1.54, 1.807) is 6.08 Å². The van der Waals surface area contributed by atoms with Gasteiger partial charge in [0, 0.05) is 6.54 Å². The number of hydrogen-bond acceptors (Lipinski definition) is 2. The molecule has 2 nitrogen and oxygen atoms in total. The zero-order valence-electron chi connectivity index (χ0n) is 8.30. The molecule has 0 unspecified atom stereocenters. The van der Waals surface area contributed by atoms with Crippen LogP contribution in [0.3, 0.4) is 0 Å². The third-order valence-electron chi connectivity index (χ3n) is 2.17. The van der Waals surface area contributed by atoms with Crippen molar-refractivity contribution in [2.45, 2.75) is 39.2 Å². The Morgan fingerprint density at radius 2 is 1.92 bits per heavy atom. The van der Waals surface area contributed by atoms with E-state index < -0.39 is 5.60 Å². The van der Waals surface area contributed by atoms with E-state index in [1.807, 2.05) is 20.8 Å². The van der Waals surface area contributed by atoms with Crippen LogP contribution in [0.4, 0.5) is 0 Å². The second kappa shape index (κ2) is 5.09. The number of rotatable bonds is 5. The van der Waals surface area contributed by atoms with Gasteiger partial charge in [0.25, 0.3) is 0 Å². The first-order valence-electron chi connectivity index (χ1n) is 4.54. The van der Waals surface area contributed by atoms with E-state index in [0.717, 1.165) is 5.71 Å². The molecule has 70 valence electrons. The molecule has 0 fully saturated rings. The Bertz CT molecular complexity index is 169. The summed E-state index contributed by atoms with van der Waals surface area (Å²) in [7, 11) is 0. The maximum Gasteiger partial charge on any atom is 0.105 e. The van der Waals surface area contributed by atoms with Gasteiger partial charge in [-0.1, -0.05) is 20.4 Å². The average molecular weight is 169 g/mol. The first kappa shape index (κ1) is 11.4. The van der Waals surface area contributed by atoms with Crippen LogP contribution in [0, 0.1) is 0 Å². The van der Waals surface area contributed by atoms with Crippen molar-refractivity contribution in [1.29, 1.82) is 0 Å². The van der Waals surface area contributed by atoms with E-state index in [1.165, 1.54) is 0 Å². The van der Waals surface area contributed by atoms with Gasteiger partial charge in [-0.15, -0.1) is 0 Å². The molecule has 0 spiro atoms. The van der Waals surface area contributed by atoms with Gasteiger partial charge < -0.3 is 5.11 Å². The molecule has 0 saturated heterocycles. The number of aliphatic hydroxyl groups is 1. The van der Waals surface area contributed by atoms with E-state index in [0.29, 0.717) is 19.4 Å². The van der Waals surface area contributed by atoms with Gasteiger partial charge in [-0.2, -0.15) is 0 Å². The Morgan fingerprint density at radius 3 is 2.17 bits per heavy atom. The van der Waals surface area contributed by atoms with Gasteiger partial charge in [0.05, 0.1) is 5.71 Å². The quantitative estimate of drug-likeness (QED) is 0.629. The Hall–Kier alpha value is -0.630. The van der Waals surface area contributed by atoms with Crippen LogP contribution in [-0.4, -0.2) is 23.0 Å². The highest BCUT2D eigenvalue weighted by Gasteiger charge is 2.26. The molecule has 0 aromatic heterocycles. The Labute approximate surface area is 75.0 Å². The SMILES string of the molecule is C=CC(=NCC)C(O)(CC)CC. The molecule has 0 aromatic carbocycles. The highest BCUT2D eigenvalue weighted by Crippen LogP contribution is 2.17. The van der Waals surface area contributed by atoms with Crippen LogP contribution in [0.25, 0.3) is 0 Å². The fourth-order valence-electron chi connectivity index (χ4n) is 1.18. The van der Waals surface area contributed by atoms with Crippen molar-refractivity contribution in [1.82, 2.24) is 0 Å². The fraction of sp³-hybridized carbons (Fsp3) is 0.700. The predicted molar refractivity (Wildman–Crippen MR) is 53.7 cm³/mol. The Morgan fingerprint density at radius 1 is 1.42 bits per heavy atom. The first-order chi connectivity index (χ1) is 5.64. The predicted octanol–water partition coefficient (Wildman–Crippen LogP) is 2.18. The van der Waals surface area contributed by atoms with Gasteiger partial charge in [-0.05, 0) is 25.8 Å². The summed E-state index contributed by atoms with van der Waals surface area (Å²) in [5, 5.41) is 10.0. The lowest BCUT2D eigenvalue weighted by Gasteiger charge is -2.25. The number of hydrogen-bond donors (Lipinski definition) is 1. The zero-order chi connectivity index (χ0) is 9.61. The molecule has 0 aromatic rings. The van der Waals surface area contributed by atoms with Gasteiger partial charge >= 0.3 is 0 Å². The first-order valence-corrected chi connectivity index (χ1v) is 4.54. The summed E-state index contributed by atoms with van der Waals surface area (Å²) in [5.74, 6) is 0. The smallest absolute Gasteiger partial charge is 0.105 e. The van der Waals surface area contributed by atoms with Crippen LogP contribution in [0.5, 0.6) is 0 Å². The summed E-state index contributed by atoms with van der Waals surface area (Å²) in [5.41, 5.74) is -0.0485. The van der Waals surface area contributed by atoms with Crippen molar-refractivity contribution < 1.29 is 5.11 Å². The monoisotopic (exact) mass is 169 g/mol. The Kier molecular flexibility index (Phi) is 4.83. The van der Waals surface area contributed by atoms with E-state index in [9.17, 15) is 5.11 Å². The minimum Gasteiger partial charge on any atom is -0.384 e. The molecular weight excluding hydrogens is 150 g/mol. The van der Waals surface area contributed by atoms with Gasteiger partial charge in [-0.25, -0.2) is 0 Å². The topological polar surface area (TPSA) is 32.6 Å². The molecular formula is C10H19NO. The second-order valence-corrected chi connectivity index (χ2v) is 2.80. The lowest BCUT2D eigenvalue weighted by atomic mass is 9.91. The normalized spacial score (nSPS) is 13.2. The maximum atomic E-state index is 10.0. The van der Waals surface area contributed by atoms with Gasteiger partial charge in [0.1, 0.15) is 5.60 Å². The molecule has 12 heavy (non-hydrogen) atoms. The summed E-state index contributed by atoms with van der Waals surface area (Å²) in [6.07, 6.45) is 3.03. The minimum absolute atomic E-state index is 0.689. The van der Waals surface area contributed by atoms with E-state index in [4.69, 9.17) is 0 Å². The van der Waals surface area contributed by atoms with Crippen molar-refractivity contribution in [3.05, 3.63) is 12.7 Å². The van der Waals surface area contributed by atoms with Crippen molar-refractivity contribution in [2.75, 3.05) is 6.54 Å². The standard InChI is InChI=1S/C10H19NO/c1-5-9(11-8-4)10(12,6-2)7-3/h5,12H,1,6-8H2,2-4H3. The van der Waals surface area contributed by atoms with Crippen LogP contribution in [-0.2, 0) is 0 Å². The highest BCUT2D eigenvalue weighted by atomic mass is 16.3. The Balaban J connectivity index is 4.66. The molecule has 0 atom stereocenters. The van der Waals surface area contributed by atoms with E-state index in [-0.39, 0.29) is 0 Å². The third kappa shape index (κ3) is 2.45. The zero-order valence-corrected chi connectivity index (χ0v) is 8.30. The molecule has 2 heteroatoms. The summed E-state index contributed by atoms with van der Waals surface area (Å²) >= 11 is 0. The van der Waals surface area contributed by atoms with Crippen molar-refractivity contribution in [3.63, 3.8) is 0 Å². The fourth-order valence-corrected chi connectivity index (χ4v) is 1.18. The molecule has 1 N–H and O–H groups in total. The second-order valence-electron chi connectivity index (χ2n) is 2.80. The number of aliphatic imine (C=N–C) groups is 1. The summed E-state index contributed by atoms with van der Waals surface area (Å²) in [6, 6.07) is 0. The van der Waals surface area contributed by atoms with E-state index >= 15 is 0 Å². The number of nitrogens with zero attached hydrogens (tertiary/aromatic N) is 1. The molecule has 0 heterocycles. The van der Waals surface area contributed by atoms with Gasteiger partial charge in [0.15, 0.2) is 0 Å². The average Bonchev–Trinajstić information content (AvgIpc) is 2.13. The van der Waals surface area contributed by atoms with Crippen molar-refractivity contribution in [3.8, 4) is 0 Å². The van der Waals surface area contributed by atoms with Gasteiger partial charge in [-0.3, -0.25) is 4.99 Å². The maximum absolute atomic E-state index is 10.0. The van der Waals surface area contributed by atoms with Crippen LogP contribution in [0.1, 0.15) is 33.6 Å². The summed E-state index contributed by atoms with van der Waals surface area (Å²) in [6.45, 7) is 10.2. The lowest BCUT2D eigenvalue weighted by molar-refractivity contribution is 0.104. The molecule has 0 rings (SSSR count). The molecule has 0 aliphatic rings. The third-order valence-corrected chi connectivity index (χ3v) is 2.17. The van der Waals surface area contributed by atoms with Crippen LogP contribution in [0.2, 0.25) is 0 Å². The molecule has 0 aliphatic heterocycles. The van der Waals surface area contributed by atoms with Crippen LogP contribution >= 0.6 is 0 Å². The van der Waals surface area contributed by atoms with Crippen molar-refractivity contribution >= 4 is 5.71 Å². The van der Waals surface area contributed by atoms with Crippen LogP contribution < -0.4 is 0 Å². The molecule has 0 aliphatic carbocycles. The molecule has 0 bridgehead atoms. The minimum atomic E-state index is -0.766. The molecule has 0 radical (unpaired) electrons. The van der Waals surface area contributed by atoms with Crippen molar-refractivity contribution in [2.24, 2.45) is 4.99 Å². The van der Waals surface area contributed by atoms with Gasteiger partial charge in [0.2, 0.25) is 0 Å². The summed E-state index contributed by atoms with van der Waals surface area (Å²) in [4.78, 5) is 4.20. The lowest BCUT2D eigenvalue weighted by Crippen LogP contribution is -2.36.